The molecule has 114 valence electrons. The zero-order valence-electron chi connectivity index (χ0n) is 12.0. The van der Waals surface area contributed by atoms with E-state index >= 15 is 0 Å². The zero-order chi connectivity index (χ0) is 14.5. The highest BCUT2D eigenvalue weighted by Crippen LogP contribution is 2.19. The second-order valence-electron chi connectivity index (χ2n) is 5.64. The van der Waals surface area contributed by atoms with Crippen LogP contribution in [0.25, 0.3) is 0 Å². The quantitative estimate of drug-likeness (QED) is 0.757. The van der Waals surface area contributed by atoms with E-state index in [-0.39, 0.29) is 12.1 Å². The third-order valence-electron chi connectivity index (χ3n) is 3.78. The first kappa shape index (κ1) is 16.7. The summed E-state index contributed by atoms with van der Waals surface area (Å²) in [5, 5.41) is 3.52. The number of piperazine rings is 1. The van der Waals surface area contributed by atoms with Gasteiger partial charge >= 0.3 is 6.18 Å². The average molecular weight is 282 g/mol. The lowest BCUT2D eigenvalue weighted by Gasteiger charge is -2.45. The molecule has 0 spiro atoms. The van der Waals surface area contributed by atoms with E-state index in [1.165, 1.54) is 0 Å². The topological polar surface area (TPSA) is 24.5 Å². The van der Waals surface area contributed by atoms with E-state index in [1.54, 1.807) is 0 Å². The molecular formula is C13H25F3N2O. The molecule has 0 aromatic carbocycles. The molecule has 0 bridgehead atoms. The largest absolute Gasteiger partial charge is 0.411 e. The average Bonchev–Trinajstić information content (AvgIpc) is 2.32. The van der Waals surface area contributed by atoms with Crippen molar-refractivity contribution in [3.63, 3.8) is 0 Å². The van der Waals surface area contributed by atoms with Gasteiger partial charge < -0.3 is 10.1 Å². The second kappa shape index (κ2) is 6.90. The van der Waals surface area contributed by atoms with Gasteiger partial charge in [-0.2, -0.15) is 13.2 Å². The molecule has 0 aliphatic carbocycles. The Bertz CT molecular complexity index is 273. The molecule has 0 saturated carbocycles. The number of hydrogen-bond acceptors (Lipinski definition) is 3. The van der Waals surface area contributed by atoms with Gasteiger partial charge in [0.1, 0.15) is 6.61 Å². The Kier molecular flexibility index (Phi) is 6.08. The minimum Gasteiger partial charge on any atom is -0.372 e. The summed E-state index contributed by atoms with van der Waals surface area (Å²) in [6.07, 6.45) is -2.54. The minimum atomic E-state index is -4.22. The number of nitrogens with zero attached hydrogens (tertiary/aromatic N) is 1. The molecule has 1 heterocycles. The van der Waals surface area contributed by atoms with Crippen molar-refractivity contribution < 1.29 is 17.9 Å². The first-order valence-corrected chi connectivity index (χ1v) is 6.89. The monoisotopic (exact) mass is 282 g/mol. The van der Waals surface area contributed by atoms with Gasteiger partial charge in [-0.05, 0) is 26.7 Å². The van der Waals surface area contributed by atoms with E-state index in [0.29, 0.717) is 12.5 Å². The fraction of sp³-hybridized carbons (Fsp3) is 1.00. The van der Waals surface area contributed by atoms with Crippen molar-refractivity contribution >= 4 is 0 Å². The summed E-state index contributed by atoms with van der Waals surface area (Å²) < 4.78 is 40.3. The molecule has 0 aromatic rings. The molecule has 0 amide bonds. The first-order valence-electron chi connectivity index (χ1n) is 6.89. The van der Waals surface area contributed by atoms with Crippen LogP contribution < -0.4 is 5.32 Å². The smallest absolute Gasteiger partial charge is 0.372 e. The van der Waals surface area contributed by atoms with Crippen molar-refractivity contribution in [2.75, 3.05) is 32.8 Å². The van der Waals surface area contributed by atoms with E-state index in [9.17, 15) is 13.2 Å². The molecule has 1 rings (SSSR count). The van der Waals surface area contributed by atoms with Crippen LogP contribution in [-0.2, 0) is 4.74 Å². The van der Waals surface area contributed by atoms with Gasteiger partial charge in [-0.3, -0.25) is 4.90 Å². The van der Waals surface area contributed by atoms with Crippen LogP contribution in [0.5, 0.6) is 0 Å². The number of nitrogens with one attached hydrogen (secondary N) is 1. The highest BCUT2D eigenvalue weighted by Gasteiger charge is 2.32. The maximum Gasteiger partial charge on any atom is 0.411 e. The molecule has 1 saturated heterocycles. The van der Waals surface area contributed by atoms with Crippen LogP contribution >= 0.6 is 0 Å². The Morgan fingerprint density at radius 3 is 2.68 bits per heavy atom. The summed E-state index contributed by atoms with van der Waals surface area (Å²) in [6, 6.07) is 0.419. The van der Waals surface area contributed by atoms with Gasteiger partial charge in [0.15, 0.2) is 0 Å². The molecule has 0 radical (unpaired) electrons. The first-order chi connectivity index (χ1) is 8.76. The molecule has 3 nitrogen and oxygen atoms in total. The molecule has 0 aromatic heterocycles. The number of ether oxygens (including phenoxy) is 1. The lowest BCUT2D eigenvalue weighted by atomic mass is 9.94. The Morgan fingerprint density at radius 1 is 1.42 bits per heavy atom. The zero-order valence-corrected chi connectivity index (χ0v) is 12.0. The van der Waals surface area contributed by atoms with E-state index < -0.39 is 12.8 Å². The third-order valence-corrected chi connectivity index (χ3v) is 3.78. The fourth-order valence-electron chi connectivity index (χ4n) is 2.28. The Balaban J connectivity index is 2.24. The van der Waals surface area contributed by atoms with Gasteiger partial charge in [0.25, 0.3) is 0 Å². The van der Waals surface area contributed by atoms with Crippen LogP contribution in [0.3, 0.4) is 0 Å². The number of hydrogen-bond donors (Lipinski definition) is 1. The molecule has 1 N–H and O–H groups in total. The van der Waals surface area contributed by atoms with Gasteiger partial charge in [0.2, 0.25) is 0 Å². The summed E-state index contributed by atoms with van der Waals surface area (Å²) in [5.74, 6) is 0. The summed E-state index contributed by atoms with van der Waals surface area (Å²) in [6.45, 7) is 8.14. The summed E-state index contributed by atoms with van der Waals surface area (Å²) in [4.78, 5) is 2.33. The van der Waals surface area contributed by atoms with Crippen LogP contribution in [0.4, 0.5) is 13.2 Å². The van der Waals surface area contributed by atoms with E-state index in [4.69, 9.17) is 0 Å². The standard InChI is InChI=1S/C13H25F3N2O/c1-4-12(3)9-18(11(2)8-17-12)6-5-7-19-10-13(14,15)16/h11,17H,4-10H2,1-3H3. The maximum absolute atomic E-state index is 11.9. The summed E-state index contributed by atoms with van der Waals surface area (Å²) >= 11 is 0. The van der Waals surface area contributed by atoms with Crippen LogP contribution in [0.15, 0.2) is 0 Å². The normalized spacial score (nSPS) is 29.7. The van der Waals surface area contributed by atoms with Gasteiger partial charge in [-0.25, -0.2) is 0 Å². The van der Waals surface area contributed by atoms with E-state index in [1.807, 2.05) is 0 Å². The van der Waals surface area contributed by atoms with Gasteiger partial charge in [0, 0.05) is 37.8 Å². The molecule has 1 fully saturated rings. The predicted octanol–water partition coefficient (Wildman–Crippen LogP) is 2.42. The third kappa shape index (κ3) is 6.10. The lowest BCUT2D eigenvalue weighted by molar-refractivity contribution is -0.174. The SMILES string of the molecule is CCC1(C)CN(CCCOCC(F)(F)F)C(C)CN1. The molecule has 19 heavy (non-hydrogen) atoms. The van der Waals surface area contributed by atoms with E-state index in [0.717, 1.165) is 26.1 Å². The van der Waals surface area contributed by atoms with Crippen molar-refractivity contribution in [1.82, 2.24) is 10.2 Å². The minimum absolute atomic E-state index is 0.110. The van der Waals surface area contributed by atoms with Crippen LogP contribution in [0, 0.1) is 0 Å². The fourth-order valence-corrected chi connectivity index (χ4v) is 2.28. The Labute approximate surface area is 113 Å². The molecule has 1 aliphatic heterocycles. The molecule has 2 atom stereocenters. The van der Waals surface area contributed by atoms with Crippen molar-refractivity contribution in [3.8, 4) is 0 Å². The maximum atomic E-state index is 11.9. The number of halogens is 3. The van der Waals surface area contributed by atoms with Gasteiger partial charge in [-0.1, -0.05) is 6.92 Å². The summed E-state index contributed by atoms with van der Waals surface area (Å²) in [7, 11) is 0. The summed E-state index contributed by atoms with van der Waals surface area (Å²) in [5.41, 5.74) is 0.110. The lowest BCUT2D eigenvalue weighted by Crippen LogP contribution is -2.62. The van der Waals surface area contributed by atoms with Crippen molar-refractivity contribution in [2.24, 2.45) is 0 Å². The van der Waals surface area contributed by atoms with Crippen LogP contribution in [-0.4, -0.2) is 55.5 Å². The highest BCUT2D eigenvalue weighted by atomic mass is 19.4. The Morgan fingerprint density at radius 2 is 2.11 bits per heavy atom. The van der Waals surface area contributed by atoms with Crippen molar-refractivity contribution in [3.05, 3.63) is 0 Å². The molecule has 2 unspecified atom stereocenters. The molecule has 6 heteroatoms. The van der Waals surface area contributed by atoms with Crippen molar-refractivity contribution in [2.45, 2.75) is 51.4 Å². The van der Waals surface area contributed by atoms with Gasteiger partial charge in [-0.15, -0.1) is 0 Å². The molecule has 1 aliphatic rings. The van der Waals surface area contributed by atoms with Gasteiger partial charge in [0.05, 0.1) is 0 Å². The number of rotatable bonds is 6. The molecular weight excluding hydrogens is 257 g/mol. The van der Waals surface area contributed by atoms with E-state index in [2.05, 4.69) is 35.7 Å². The van der Waals surface area contributed by atoms with Crippen molar-refractivity contribution in [1.29, 1.82) is 0 Å². The number of alkyl halides is 3. The van der Waals surface area contributed by atoms with Crippen LogP contribution in [0.2, 0.25) is 0 Å². The highest BCUT2D eigenvalue weighted by molar-refractivity contribution is 4.92. The Hall–Kier alpha value is -0.330. The predicted molar refractivity (Wildman–Crippen MR) is 69.2 cm³/mol. The van der Waals surface area contributed by atoms with Crippen LogP contribution in [0.1, 0.15) is 33.6 Å². The second-order valence-corrected chi connectivity index (χ2v) is 5.64.